The highest BCUT2D eigenvalue weighted by Crippen LogP contribution is 2.18. The third-order valence-corrected chi connectivity index (χ3v) is 3.64. The van der Waals surface area contributed by atoms with Crippen molar-refractivity contribution in [3.8, 4) is 0 Å². The Morgan fingerprint density at radius 1 is 1.47 bits per heavy atom. The van der Waals surface area contributed by atoms with Gasteiger partial charge in [0.25, 0.3) is 0 Å². The van der Waals surface area contributed by atoms with Gasteiger partial charge in [0, 0.05) is 30.9 Å². The first-order valence-corrected chi connectivity index (χ1v) is 6.52. The maximum Gasteiger partial charge on any atom is 0.142 e. The minimum Gasteiger partial charge on any atom is -0.306 e. The van der Waals surface area contributed by atoms with Gasteiger partial charge in [-0.2, -0.15) is 5.10 Å². The van der Waals surface area contributed by atoms with Crippen LogP contribution in [0.4, 0.5) is 4.39 Å². The highest BCUT2D eigenvalue weighted by molar-refractivity contribution is 6.30. The van der Waals surface area contributed by atoms with Crippen molar-refractivity contribution in [2.75, 3.05) is 0 Å². The molecule has 0 aliphatic heterocycles. The first-order valence-electron chi connectivity index (χ1n) is 6.15. The van der Waals surface area contributed by atoms with Crippen LogP contribution in [0.3, 0.4) is 0 Å². The Morgan fingerprint density at radius 3 is 2.79 bits per heavy atom. The number of halogens is 2. The Bertz CT molecular complexity index is 580. The number of rotatable bonds is 4. The standard InChI is InChI=1S/C14H17ClFN3/c1-9(12-8-18-19(3)10(12)2)17-7-11-4-5-13(15)14(16)6-11/h4-6,8-9,17H,7H2,1-3H3. The number of nitrogens with one attached hydrogen (secondary N) is 1. The molecule has 2 rings (SSSR count). The van der Waals surface area contributed by atoms with E-state index < -0.39 is 0 Å². The molecule has 0 saturated heterocycles. The molecule has 1 unspecified atom stereocenters. The normalized spacial score (nSPS) is 12.7. The highest BCUT2D eigenvalue weighted by Gasteiger charge is 2.11. The van der Waals surface area contributed by atoms with Crippen molar-refractivity contribution < 1.29 is 4.39 Å². The molecule has 102 valence electrons. The molecular weight excluding hydrogens is 265 g/mol. The number of aryl methyl sites for hydroxylation is 1. The molecule has 19 heavy (non-hydrogen) atoms. The van der Waals surface area contributed by atoms with Crippen molar-refractivity contribution in [3.05, 3.63) is 52.1 Å². The van der Waals surface area contributed by atoms with Crippen molar-refractivity contribution >= 4 is 11.6 Å². The van der Waals surface area contributed by atoms with Gasteiger partial charge >= 0.3 is 0 Å². The van der Waals surface area contributed by atoms with E-state index in [-0.39, 0.29) is 16.9 Å². The van der Waals surface area contributed by atoms with Gasteiger partial charge in [0.1, 0.15) is 5.82 Å². The van der Waals surface area contributed by atoms with E-state index in [1.807, 2.05) is 30.9 Å². The number of aromatic nitrogens is 2. The third kappa shape index (κ3) is 3.14. The molecule has 0 fully saturated rings. The fraction of sp³-hybridized carbons (Fsp3) is 0.357. The second-order valence-corrected chi connectivity index (χ2v) is 5.07. The number of hydrogen-bond acceptors (Lipinski definition) is 2. The molecule has 2 aromatic rings. The van der Waals surface area contributed by atoms with E-state index in [9.17, 15) is 4.39 Å². The van der Waals surface area contributed by atoms with Crippen LogP contribution in [-0.2, 0) is 13.6 Å². The average molecular weight is 282 g/mol. The van der Waals surface area contributed by atoms with Crippen molar-refractivity contribution in [3.63, 3.8) is 0 Å². The van der Waals surface area contributed by atoms with E-state index in [4.69, 9.17) is 11.6 Å². The van der Waals surface area contributed by atoms with E-state index >= 15 is 0 Å². The summed E-state index contributed by atoms with van der Waals surface area (Å²) in [5.74, 6) is -0.383. The predicted octanol–water partition coefficient (Wildman–Crippen LogP) is 3.37. The van der Waals surface area contributed by atoms with Crippen LogP contribution in [0.1, 0.15) is 29.8 Å². The maximum atomic E-state index is 13.3. The minimum atomic E-state index is -0.383. The summed E-state index contributed by atoms with van der Waals surface area (Å²) in [5, 5.41) is 7.72. The monoisotopic (exact) mass is 281 g/mol. The smallest absolute Gasteiger partial charge is 0.142 e. The van der Waals surface area contributed by atoms with Gasteiger partial charge in [0.15, 0.2) is 0 Å². The Balaban J connectivity index is 2.02. The van der Waals surface area contributed by atoms with Crippen LogP contribution in [0.25, 0.3) is 0 Å². The van der Waals surface area contributed by atoms with E-state index in [1.165, 1.54) is 6.07 Å². The highest BCUT2D eigenvalue weighted by atomic mass is 35.5. The lowest BCUT2D eigenvalue weighted by Crippen LogP contribution is -2.18. The molecule has 1 atom stereocenters. The van der Waals surface area contributed by atoms with Gasteiger partial charge in [-0.25, -0.2) is 4.39 Å². The van der Waals surface area contributed by atoms with E-state index in [1.54, 1.807) is 6.07 Å². The molecule has 0 amide bonds. The lowest BCUT2D eigenvalue weighted by atomic mass is 10.1. The van der Waals surface area contributed by atoms with Crippen LogP contribution in [0.5, 0.6) is 0 Å². The topological polar surface area (TPSA) is 29.9 Å². The van der Waals surface area contributed by atoms with Gasteiger partial charge < -0.3 is 5.32 Å². The Morgan fingerprint density at radius 2 is 2.21 bits per heavy atom. The fourth-order valence-corrected chi connectivity index (χ4v) is 2.09. The van der Waals surface area contributed by atoms with Crippen LogP contribution in [0.2, 0.25) is 5.02 Å². The second kappa shape index (κ2) is 5.72. The van der Waals surface area contributed by atoms with Crippen LogP contribution in [-0.4, -0.2) is 9.78 Å². The summed E-state index contributed by atoms with van der Waals surface area (Å²) in [7, 11) is 1.92. The first kappa shape index (κ1) is 14.0. The zero-order valence-electron chi connectivity index (χ0n) is 11.2. The van der Waals surface area contributed by atoms with Crippen LogP contribution in [0.15, 0.2) is 24.4 Å². The molecule has 0 aliphatic carbocycles. The van der Waals surface area contributed by atoms with Crippen molar-refractivity contribution in [1.29, 1.82) is 0 Å². The molecule has 0 saturated carbocycles. The van der Waals surface area contributed by atoms with E-state index in [2.05, 4.69) is 17.3 Å². The van der Waals surface area contributed by atoms with E-state index in [0.29, 0.717) is 6.54 Å². The van der Waals surface area contributed by atoms with Gasteiger partial charge in [-0.15, -0.1) is 0 Å². The summed E-state index contributed by atoms with van der Waals surface area (Å²) in [4.78, 5) is 0. The maximum absolute atomic E-state index is 13.3. The van der Waals surface area contributed by atoms with Gasteiger partial charge in [0.05, 0.1) is 11.2 Å². The number of hydrogen-bond donors (Lipinski definition) is 1. The molecule has 0 bridgehead atoms. The lowest BCUT2D eigenvalue weighted by molar-refractivity contribution is 0.565. The SMILES string of the molecule is Cc1c(C(C)NCc2ccc(Cl)c(F)c2)cnn1C. The molecule has 5 heteroatoms. The van der Waals surface area contributed by atoms with Crippen LogP contribution in [0, 0.1) is 12.7 Å². The quantitative estimate of drug-likeness (QED) is 0.931. The zero-order chi connectivity index (χ0) is 14.0. The first-order chi connectivity index (χ1) is 8.99. The minimum absolute atomic E-state index is 0.153. The summed E-state index contributed by atoms with van der Waals surface area (Å²) in [6.07, 6.45) is 1.86. The number of nitrogens with zero attached hydrogens (tertiary/aromatic N) is 2. The molecule has 0 spiro atoms. The van der Waals surface area contributed by atoms with E-state index in [0.717, 1.165) is 16.8 Å². The molecule has 1 aromatic heterocycles. The van der Waals surface area contributed by atoms with Crippen LogP contribution >= 0.6 is 11.6 Å². The molecule has 1 aromatic carbocycles. The predicted molar refractivity (Wildman–Crippen MR) is 74.6 cm³/mol. The summed E-state index contributed by atoms with van der Waals surface area (Å²) >= 11 is 5.66. The Kier molecular flexibility index (Phi) is 4.22. The summed E-state index contributed by atoms with van der Waals surface area (Å²) in [6, 6.07) is 5.01. The van der Waals surface area contributed by atoms with Crippen molar-refractivity contribution in [1.82, 2.24) is 15.1 Å². The van der Waals surface area contributed by atoms with Gasteiger partial charge in [-0.3, -0.25) is 4.68 Å². The molecule has 1 N–H and O–H groups in total. The van der Waals surface area contributed by atoms with Crippen molar-refractivity contribution in [2.24, 2.45) is 7.05 Å². The van der Waals surface area contributed by atoms with Gasteiger partial charge in [-0.1, -0.05) is 17.7 Å². The fourth-order valence-electron chi connectivity index (χ4n) is 1.97. The summed E-state index contributed by atoms with van der Waals surface area (Å²) in [5.41, 5.74) is 3.15. The third-order valence-electron chi connectivity index (χ3n) is 3.34. The summed E-state index contributed by atoms with van der Waals surface area (Å²) in [6.45, 7) is 4.68. The van der Waals surface area contributed by atoms with Crippen molar-refractivity contribution in [2.45, 2.75) is 26.4 Å². The average Bonchev–Trinajstić information content (AvgIpc) is 2.71. The largest absolute Gasteiger partial charge is 0.306 e. The molecule has 0 radical (unpaired) electrons. The molecule has 0 aliphatic rings. The Labute approximate surface area is 117 Å². The lowest BCUT2D eigenvalue weighted by Gasteiger charge is -2.14. The summed E-state index contributed by atoms with van der Waals surface area (Å²) < 4.78 is 15.2. The molecular formula is C14H17ClFN3. The zero-order valence-corrected chi connectivity index (χ0v) is 12.0. The Hall–Kier alpha value is -1.39. The second-order valence-electron chi connectivity index (χ2n) is 4.66. The van der Waals surface area contributed by atoms with Gasteiger partial charge in [0.2, 0.25) is 0 Å². The number of benzene rings is 1. The van der Waals surface area contributed by atoms with Crippen LogP contribution < -0.4 is 5.32 Å². The molecule has 3 nitrogen and oxygen atoms in total. The van der Waals surface area contributed by atoms with Gasteiger partial charge in [-0.05, 0) is 31.5 Å². The molecule has 1 heterocycles.